The number of aromatic nitrogens is 2. The first-order chi connectivity index (χ1) is 22.6. The molecule has 0 aliphatic carbocycles. The van der Waals surface area contributed by atoms with Crippen molar-refractivity contribution in [2.45, 2.75) is 43.4 Å². The Balaban J connectivity index is 1.35. The number of hydrogen-bond acceptors (Lipinski definition) is 10. The average Bonchev–Trinajstić information content (AvgIpc) is 3.74. The second-order valence-corrected chi connectivity index (χ2v) is 14.0. The Hall–Kier alpha value is -4.06. The first kappa shape index (κ1) is 30.3. The molecule has 0 radical (unpaired) electrons. The summed E-state index contributed by atoms with van der Waals surface area (Å²) in [7, 11) is 1.72. The van der Waals surface area contributed by atoms with Crippen LogP contribution in [0, 0.1) is 23.0 Å². The number of benzene rings is 2. The summed E-state index contributed by atoms with van der Waals surface area (Å²) in [6.45, 7) is 2.06. The Morgan fingerprint density at radius 3 is 2.85 bits per heavy atom. The SMILES string of the molecule is CN1CCC(N2CCOc3c(Cl)c(-c4ccc(F)c5sc(N)c(C#N)c45)c(F)c4nc(OC[C@@]56CCCN5C[C@H](F)C6)nc2c34)C1=O. The molecule has 0 spiro atoms. The molecule has 6 heterocycles. The van der Waals surface area contributed by atoms with E-state index in [2.05, 4.69) is 9.88 Å². The van der Waals surface area contributed by atoms with E-state index in [1.165, 1.54) is 12.1 Å². The van der Waals surface area contributed by atoms with Crippen molar-refractivity contribution in [1.82, 2.24) is 19.8 Å². The number of anilines is 2. The molecule has 3 fully saturated rings. The highest BCUT2D eigenvalue weighted by Gasteiger charge is 2.49. The van der Waals surface area contributed by atoms with Crippen LogP contribution >= 0.6 is 22.9 Å². The summed E-state index contributed by atoms with van der Waals surface area (Å²) in [6, 6.07) is 3.81. The number of fused-ring (bicyclic) bond motifs is 2. The summed E-state index contributed by atoms with van der Waals surface area (Å²) in [5.41, 5.74) is 5.39. The minimum atomic E-state index is -0.971. The van der Waals surface area contributed by atoms with Gasteiger partial charge in [-0.15, -0.1) is 11.3 Å². The van der Waals surface area contributed by atoms with Crippen LogP contribution in [0.1, 0.15) is 31.2 Å². The molecule has 4 aliphatic rings. The molecule has 4 aliphatic heterocycles. The largest absolute Gasteiger partial charge is 0.489 e. The minimum Gasteiger partial charge on any atom is -0.489 e. The van der Waals surface area contributed by atoms with E-state index in [4.69, 9.17) is 31.8 Å². The maximum Gasteiger partial charge on any atom is 0.319 e. The number of thiophene rings is 1. The van der Waals surface area contributed by atoms with Crippen molar-refractivity contribution in [3.05, 3.63) is 34.4 Å². The number of nitriles is 1. The van der Waals surface area contributed by atoms with Crippen LogP contribution in [0.5, 0.6) is 11.8 Å². The zero-order valence-corrected chi connectivity index (χ0v) is 26.9. The number of nitrogens with two attached hydrogens (primary N) is 1. The number of hydrogen-bond donors (Lipinski definition) is 1. The van der Waals surface area contributed by atoms with Crippen LogP contribution in [0.4, 0.5) is 24.0 Å². The number of halogens is 4. The molecule has 3 saturated heterocycles. The van der Waals surface area contributed by atoms with E-state index >= 15 is 4.39 Å². The smallest absolute Gasteiger partial charge is 0.319 e. The van der Waals surface area contributed by atoms with Crippen molar-refractivity contribution in [3.8, 4) is 29.0 Å². The van der Waals surface area contributed by atoms with Gasteiger partial charge in [0.2, 0.25) is 5.91 Å². The first-order valence-corrected chi connectivity index (χ1v) is 16.6. The Morgan fingerprint density at radius 2 is 2.09 bits per heavy atom. The molecule has 10 nitrogen and oxygen atoms in total. The van der Waals surface area contributed by atoms with Gasteiger partial charge in [-0.05, 0) is 37.4 Å². The van der Waals surface area contributed by atoms with Gasteiger partial charge in [-0.1, -0.05) is 17.7 Å². The van der Waals surface area contributed by atoms with Gasteiger partial charge in [-0.25, -0.2) is 13.2 Å². The Morgan fingerprint density at radius 1 is 1.26 bits per heavy atom. The van der Waals surface area contributed by atoms with Crippen molar-refractivity contribution in [3.63, 3.8) is 0 Å². The zero-order valence-electron chi connectivity index (χ0n) is 25.3. The van der Waals surface area contributed by atoms with Crippen molar-refractivity contribution in [2.75, 3.05) is 57.1 Å². The average molecular weight is 684 g/mol. The fourth-order valence-corrected chi connectivity index (χ4v) is 9.07. The van der Waals surface area contributed by atoms with E-state index in [0.29, 0.717) is 25.9 Å². The molecule has 15 heteroatoms. The fraction of sp³-hybridized carbons (Fsp3) is 0.438. The van der Waals surface area contributed by atoms with Gasteiger partial charge in [0.1, 0.15) is 53.6 Å². The number of likely N-dealkylation sites (N-methyl/N-ethyl adjacent to an activating group) is 1. The third-order valence-electron chi connectivity index (χ3n) is 10.00. The van der Waals surface area contributed by atoms with Crippen LogP contribution in [-0.2, 0) is 4.79 Å². The zero-order chi connectivity index (χ0) is 32.8. The van der Waals surface area contributed by atoms with E-state index < -0.39 is 29.4 Å². The number of nitrogens with zero attached hydrogens (tertiary/aromatic N) is 6. The molecule has 3 atom stereocenters. The second-order valence-electron chi connectivity index (χ2n) is 12.6. The first-order valence-electron chi connectivity index (χ1n) is 15.4. The molecule has 244 valence electrons. The lowest BCUT2D eigenvalue weighted by atomic mass is 9.95. The standard InChI is InChI=1S/C32H29ClF3N7O3S/c1-41-8-5-19(30(41)44)43-9-10-45-26-22-25(39-31(40-29(22)43)46-14-32-6-2-7-42(32)13-15(34)11-32)24(36)21(23(26)33)16-3-4-18(35)27-20(16)17(12-37)28(38)47-27/h3-4,15,19H,2,5-11,13-14,38H2,1H3/t15-,19?,32+/m1/s1. The van der Waals surface area contributed by atoms with E-state index in [1.54, 1.807) is 16.8 Å². The Kier molecular flexibility index (Phi) is 7.09. The maximum atomic E-state index is 17.1. The number of alkyl halides is 1. The van der Waals surface area contributed by atoms with Crippen molar-refractivity contribution in [2.24, 2.45) is 0 Å². The highest BCUT2D eigenvalue weighted by Crippen LogP contribution is 2.51. The van der Waals surface area contributed by atoms with Crippen molar-refractivity contribution in [1.29, 1.82) is 5.26 Å². The van der Waals surface area contributed by atoms with Gasteiger partial charge in [0, 0.05) is 37.5 Å². The van der Waals surface area contributed by atoms with E-state index in [1.807, 2.05) is 6.07 Å². The summed E-state index contributed by atoms with van der Waals surface area (Å²) in [6.07, 6.45) is 1.52. The maximum absolute atomic E-state index is 17.1. The van der Waals surface area contributed by atoms with Gasteiger partial charge in [0.15, 0.2) is 11.6 Å². The number of rotatable bonds is 5. The van der Waals surface area contributed by atoms with Gasteiger partial charge >= 0.3 is 6.01 Å². The fourth-order valence-electron chi connectivity index (χ4n) is 7.78. The molecule has 2 N–H and O–H groups in total. The molecule has 1 unspecified atom stereocenters. The summed E-state index contributed by atoms with van der Waals surface area (Å²) >= 11 is 7.87. The highest BCUT2D eigenvalue weighted by molar-refractivity contribution is 7.23. The predicted molar refractivity (Wildman–Crippen MR) is 172 cm³/mol. The number of likely N-dealkylation sites (tertiary alicyclic amines) is 1. The van der Waals surface area contributed by atoms with E-state index in [0.717, 1.165) is 30.7 Å². The van der Waals surface area contributed by atoms with Crippen molar-refractivity contribution >= 4 is 60.7 Å². The minimum absolute atomic E-state index is 0.00685. The molecule has 2 aromatic carbocycles. The number of nitrogen functional groups attached to an aromatic ring is 1. The van der Waals surface area contributed by atoms with E-state index in [9.17, 15) is 18.8 Å². The summed E-state index contributed by atoms with van der Waals surface area (Å²) in [5, 5.41) is 10.2. The third-order valence-corrected chi connectivity index (χ3v) is 11.4. The normalized spacial score (nSPS) is 24.2. The lowest BCUT2D eigenvalue weighted by molar-refractivity contribution is -0.127. The lowest BCUT2D eigenvalue weighted by Gasteiger charge is -2.31. The quantitative estimate of drug-likeness (QED) is 0.300. The van der Waals surface area contributed by atoms with Gasteiger partial charge in [0.25, 0.3) is 0 Å². The highest BCUT2D eigenvalue weighted by atomic mass is 35.5. The number of carbonyl (C=O) groups excluding carboxylic acids is 1. The molecular weight excluding hydrogens is 655 g/mol. The van der Waals surface area contributed by atoms with Crippen LogP contribution in [-0.4, -0.2) is 89.9 Å². The lowest BCUT2D eigenvalue weighted by Crippen LogP contribution is -2.44. The predicted octanol–water partition coefficient (Wildman–Crippen LogP) is 5.28. The van der Waals surface area contributed by atoms with Crippen LogP contribution in [0.15, 0.2) is 12.1 Å². The third kappa shape index (κ3) is 4.50. The summed E-state index contributed by atoms with van der Waals surface area (Å²) in [4.78, 5) is 28.0. The number of ether oxygens (including phenoxy) is 2. The topological polar surface area (TPSA) is 121 Å². The summed E-state index contributed by atoms with van der Waals surface area (Å²) in [5.74, 6) is -1.26. The van der Waals surface area contributed by atoms with Gasteiger partial charge in [-0.3, -0.25) is 9.69 Å². The number of carbonyl (C=O) groups is 1. The second kappa shape index (κ2) is 11.0. The molecule has 47 heavy (non-hydrogen) atoms. The molecular formula is C32H29ClF3N7O3S. The monoisotopic (exact) mass is 683 g/mol. The Bertz CT molecular complexity index is 2040. The van der Waals surface area contributed by atoms with Crippen LogP contribution in [0.2, 0.25) is 5.02 Å². The Labute approximate surface area is 276 Å². The molecule has 0 saturated carbocycles. The molecule has 2 aromatic heterocycles. The molecule has 8 rings (SSSR count). The van der Waals surface area contributed by atoms with Crippen molar-refractivity contribution < 1.29 is 27.4 Å². The van der Waals surface area contributed by atoms with Crippen LogP contribution in [0.3, 0.4) is 0 Å². The number of amides is 1. The van der Waals surface area contributed by atoms with Crippen LogP contribution < -0.4 is 20.1 Å². The van der Waals surface area contributed by atoms with Gasteiger partial charge in [-0.2, -0.15) is 15.2 Å². The molecule has 4 aromatic rings. The van der Waals surface area contributed by atoms with Gasteiger partial charge in [0.05, 0.1) is 32.8 Å². The van der Waals surface area contributed by atoms with Crippen LogP contribution in [0.25, 0.3) is 32.1 Å². The van der Waals surface area contributed by atoms with E-state index in [-0.39, 0.29) is 90.9 Å². The molecule has 1 amide bonds. The molecule has 0 bridgehead atoms. The summed E-state index contributed by atoms with van der Waals surface area (Å²) < 4.78 is 59.1. The van der Waals surface area contributed by atoms with Gasteiger partial charge < -0.3 is 25.0 Å².